The fourth-order valence-electron chi connectivity index (χ4n) is 4.66. The van der Waals surface area contributed by atoms with Gasteiger partial charge in [-0.1, -0.05) is 89.1 Å². The van der Waals surface area contributed by atoms with Crippen LogP contribution in [0.25, 0.3) is 17.0 Å². The minimum absolute atomic E-state index is 0.117. The van der Waals surface area contributed by atoms with E-state index in [1.165, 1.54) is 5.56 Å². The molecule has 1 aliphatic heterocycles. The van der Waals surface area contributed by atoms with Gasteiger partial charge in [0, 0.05) is 17.8 Å². The van der Waals surface area contributed by atoms with E-state index in [4.69, 9.17) is 9.51 Å². The summed E-state index contributed by atoms with van der Waals surface area (Å²) in [6.07, 6.45) is 1.74. The summed E-state index contributed by atoms with van der Waals surface area (Å²) in [5.74, 6) is 0.951. The van der Waals surface area contributed by atoms with E-state index in [2.05, 4.69) is 22.6 Å². The average Bonchev–Trinajstić information content (AvgIpc) is 3.37. The van der Waals surface area contributed by atoms with Crippen LogP contribution in [0.5, 0.6) is 0 Å². The van der Waals surface area contributed by atoms with E-state index in [9.17, 15) is 4.79 Å². The van der Waals surface area contributed by atoms with Crippen LogP contribution in [0.1, 0.15) is 47.5 Å². The van der Waals surface area contributed by atoms with Crippen LogP contribution < -0.4 is 5.32 Å². The molecule has 36 heavy (non-hydrogen) atoms. The van der Waals surface area contributed by atoms with Crippen molar-refractivity contribution in [3.63, 3.8) is 0 Å². The van der Waals surface area contributed by atoms with Gasteiger partial charge in [0.05, 0.1) is 11.6 Å². The number of carbonyl (C=O) groups is 1. The van der Waals surface area contributed by atoms with Crippen molar-refractivity contribution in [3.05, 3.63) is 113 Å². The fourth-order valence-corrected chi connectivity index (χ4v) is 4.66. The van der Waals surface area contributed by atoms with Gasteiger partial charge in [-0.15, -0.1) is 0 Å². The molecule has 5 rings (SSSR count). The molecule has 1 aliphatic rings. The highest BCUT2D eigenvalue weighted by Gasteiger charge is 2.35. The normalized spacial score (nSPS) is 15.8. The van der Waals surface area contributed by atoms with Crippen LogP contribution in [0, 0.1) is 13.8 Å². The molecule has 6 heteroatoms. The Kier molecular flexibility index (Phi) is 6.67. The SMILES string of the molecule is CC1=C(c2nc(-c3cccc(C)c3)no2)C(c2ccc(C)cc2)NC(=O)N1CCCc1ccccc1. The maximum Gasteiger partial charge on any atom is 0.322 e. The number of rotatable bonds is 7. The van der Waals surface area contributed by atoms with Crippen molar-refractivity contribution in [1.29, 1.82) is 0 Å². The van der Waals surface area contributed by atoms with Crippen molar-refractivity contribution in [1.82, 2.24) is 20.4 Å². The van der Waals surface area contributed by atoms with Crippen molar-refractivity contribution in [3.8, 4) is 11.4 Å². The first-order valence-electron chi connectivity index (χ1n) is 12.3. The molecule has 0 saturated heterocycles. The van der Waals surface area contributed by atoms with Gasteiger partial charge in [0.1, 0.15) is 0 Å². The molecule has 0 radical (unpaired) electrons. The first-order chi connectivity index (χ1) is 17.5. The molecule has 0 saturated carbocycles. The summed E-state index contributed by atoms with van der Waals surface area (Å²) in [6.45, 7) is 6.64. The third kappa shape index (κ3) is 4.93. The summed E-state index contributed by atoms with van der Waals surface area (Å²) in [4.78, 5) is 19.8. The Morgan fingerprint density at radius 1 is 0.917 bits per heavy atom. The van der Waals surface area contributed by atoms with Gasteiger partial charge in [-0.2, -0.15) is 4.98 Å². The molecule has 3 aromatic carbocycles. The van der Waals surface area contributed by atoms with E-state index in [-0.39, 0.29) is 12.1 Å². The first-order valence-corrected chi connectivity index (χ1v) is 12.3. The quantitative estimate of drug-likeness (QED) is 0.330. The molecule has 182 valence electrons. The van der Waals surface area contributed by atoms with Crippen LogP contribution >= 0.6 is 0 Å². The van der Waals surface area contributed by atoms with Crippen molar-refractivity contribution in [2.45, 2.75) is 39.7 Å². The molecule has 2 amide bonds. The Hall–Kier alpha value is -4.19. The molecule has 1 aromatic heterocycles. The zero-order chi connectivity index (χ0) is 25.1. The van der Waals surface area contributed by atoms with Crippen molar-refractivity contribution in [2.24, 2.45) is 0 Å². The minimum Gasteiger partial charge on any atom is -0.334 e. The first kappa shape index (κ1) is 23.5. The summed E-state index contributed by atoms with van der Waals surface area (Å²) in [5.41, 5.74) is 7.07. The van der Waals surface area contributed by atoms with E-state index >= 15 is 0 Å². The number of amides is 2. The second kappa shape index (κ2) is 10.2. The molecular weight excluding hydrogens is 448 g/mol. The second-order valence-electron chi connectivity index (χ2n) is 9.33. The predicted octanol–water partition coefficient (Wildman–Crippen LogP) is 6.48. The minimum atomic E-state index is -0.380. The second-order valence-corrected chi connectivity index (χ2v) is 9.33. The number of nitrogens with one attached hydrogen (secondary N) is 1. The predicted molar refractivity (Wildman–Crippen MR) is 141 cm³/mol. The monoisotopic (exact) mass is 478 g/mol. The van der Waals surface area contributed by atoms with Crippen LogP contribution in [-0.2, 0) is 6.42 Å². The van der Waals surface area contributed by atoms with Crippen LogP contribution in [0.4, 0.5) is 4.79 Å². The van der Waals surface area contributed by atoms with Gasteiger partial charge in [-0.05, 0) is 50.8 Å². The Morgan fingerprint density at radius 2 is 1.69 bits per heavy atom. The smallest absolute Gasteiger partial charge is 0.322 e. The van der Waals surface area contributed by atoms with E-state index in [0.29, 0.717) is 18.3 Å². The Bertz CT molecular complexity index is 1390. The van der Waals surface area contributed by atoms with Crippen LogP contribution in [-0.4, -0.2) is 27.6 Å². The van der Waals surface area contributed by atoms with E-state index in [1.807, 2.05) is 87.5 Å². The molecule has 0 fully saturated rings. The van der Waals surface area contributed by atoms with Crippen molar-refractivity contribution < 1.29 is 9.32 Å². The number of aryl methyl sites for hydroxylation is 3. The van der Waals surface area contributed by atoms with Gasteiger partial charge in [0.15, 0.2) is 0 Å². The van der Waals surface area contributed by atoms with Gasteiger partial charge in [0.25, 0.3) is 5.89 Å². The highest BCUT2D eigenvalue weighted by atomic mass is 16.5. The number of hydrogen-bond donors (Lipinski definition) is 1. The van der Waals surface area contributed by atoms with Gasteiger partial charge in [-0.25, -0.2) is 4.79 Å². The van der Waals surface area contributed by atoms with Crippen LogP contribution in [0.15, 0.2) is 89.1 Å². The van der Waals surface area contributed by atoms with Gasteiger partial charge in [-0.3, -0.25) is 4.90 Å². The molecular formula is C30H30N4O2. The Balaban J connectivity index is 1.49. The summed E-state index contributed by atoms with van der Waals surface area (Å²) >= 11 is 0. The molecule has 6 nitrogen and oxygen atoms in total. The van der Waals surface area contributed by atoms with Gasteiger partial charge < -0.3 is 9.84 Å². The lowest BCUT2D eigenvalue weighted by Gasteiger charge is -2.35. The molecule has 0 bridgehead atoms. The standard InChI is InChI=1S/C30H30N4O2/c1-20-14-16-24(17-15-20)27-26(29-32-28(33-36-29)25-13-7-9-21(2)19-25)22(3)34(30(35)31-27)18-8-12-23-10-5-4-6-11-23/h4-7,9-11,13-17,19,27H,8,12,18H2,1-3H3,(H,31,35). The fraction of sp³-hybridized carbons (Fsp3) is 0.233. The lowest BCUT2D eigenvalue weighted by Crippen LogP contribution is -2.46. The number of benzene rings is 3. The molecule has 0 spiro atoms. The Labute approximate surface area is 211 Å². The molecule has 4 aromatic rings. The highest BCUT2D eigenvalue weighted by molar-refractivity contribution is 5.86. The Morgan fingerprint density at radius 3 is 2.44 bits per heavy atom. The molecule has 1 N–H and O–H groups in total. The number of carbonyl (C=O) groups excluding carboxylic acids is 1. The third-order valence-electron chi connectivity index (χ3n) is 6.63. The zero-order valence-corrected chi connectivity index (χ0v) is 20.9. The maximum absolute atomic E-state index is 13.3. The molecule has 1 unspecified atom stereocenters. The topological polar surface area (TPSA) is 71.3 Å². The van der Waals surface area contributed by atoms with Crippen molar-refractivity contribution in [2.75, 3.05) is 6.54 Å². The lowest BCUT2D eigenvalue weighted by molar-refractivity contribution is 0.204. The summed E-state index contributed by atoms with van der Waals surface area (Å²) in [6, 6.07) is 26.0. The van der Waals surface area contributed by atoms with E-state index in [1.54, 1.807) is 4.90 Å². The third-order valence-corrected chi connectivity index (χ3v) is 6.63. The number of nitrogens with zero attached hydrogens (tertiary/aromatic N) is 3. The summed E-state index contributed by atoms with van der Waals surface area (Å²) in [7, 11) is 0. The molecule has 0 aliphatic carbocycles. The summed E-state index contributed by atoms with van der Waals surface area (Å²) in [5, 5.41) is 7.46. The number of urea groups is 1. The number of allylic oxidation sites excluding steroid dienone is 1. The van der Waals surface area contributed by atoms with Crippen LogP contribution in [0.2, 0.25) is 0 Å². The summed E-state index contributed by atoms with van der Waals surface area (Å²) < 4.78 is 5.80. The number of aromatic nitrogens is 2. The van der Waals surface area contributed by atoms with E-state index < -0.39 is 0 Å². The molecule has 2 heterocycles. The lowest BCUT2D eigenvalue weighted by atomic mass is 9.94. The zero-order valence-electron chi connectivity index (χ0n) is 20.9. The number of hydrogen-bond acceptors (Lipinski definition) is 4. The highest BCUT2D eigenvalue weighted by Crippen LogP contribution is 2.37. The molecule has 1 atom stereocenters. The van der Waals surface area contributed by atoms with Gasteiger partial charge in [0.2, 0.25) is 5.82 Å². The van der Waals surface area contributed by atoms with Crippen LogP contribution in [0.3, 0.4) is 0 Å². The average molecular weight is 479 g/mol. The van der Waals surface area contributed by atoms with E-state index in [0.717, 1.165) is 46.4 Å². The van der Waals surface area contributed by atoms with Crippen molar-refractivity contribution >= 4 is 11.6 Å². The largest absolute Gasteiger partial charge is 0.334 e. The maximum atomic E-state index is 13.3. The van der Waals surface area contributed by atoms with Gasteiger partial charge >= 0.3 is 6.03 Å².